The summed E-state index contributed by atoms with van der Waals surface area (Å²) in [7, 11) is -3.45. The van der Waals surface area contributed by atoms with Crippen molar-refractivity contribution >= 4 is 27.4 Å². The fourth-order valence-electron chi connectivity index (χ4n) is 1.38. The zero-order valence-corrected chi connectivity index (χ0v) is 12.3. The van der Waals surface area contributed by atoms with Crippen LogP contribution in [0.1, 0.15) is 6.92 Å². The highest BCUT2D eigenvalue weighted by Crippen LogP contribution is 2.25. The lowest BCUT2D eigenvalue weighted by Gasteiger charge is -2.19. The number of halogens is 4. The minimum Gasteiger partial charge on any atom is -0.369 e. The van der Waals surface area contributed by atoms with E-state index in [4.69, 9.17) is 11.6 Å². The van der Waals surface area contributed by atoms with Crippen LogP contribution in [0.25, 0.3) is 0 Å². The number of rotatable bonds is 5. The lowest BCUT2D eigenvalue weighted by Crippen LogP contribution is -2.35. The molecule has 0 spiro atoms. The molecule has 0 saturated heterocycles. The minimum atomic E-state index is -4.62. The summed E-state index contributed by atoms with van der Waals surface area (Å²) in [6.45, 7) is 0.731. The van der Waals surface area contributed by atoms with E-state index in [1.54, 1.807) is 6.92 Å². The first-order chi connectivity index (χ1) is 9.08. The molecule has 0 radical (unpaired) electrons. The maximum absolute atomic E-state index is 12.2. The summed E-state index contributed by atoms with van der Waals surface area (Å²) in [5, 5.41) is 2.81. The Morgan fingerprint density at radius 2 is 2.05 bits per heavy atom. The molecule has 20 heavy (non-hydrogen) atoms. The third-order valence-corrected chi connectivity index (χ3v) is 4.33. The smallest absolute Gasteiger partial charge is 0.369 e. The van der Waals surface area contributed by atoms with Gasteiger partial charge in [-0.1, -0.05) is 11.6 Å². The Morgan fingerprint density at radius 3 is 2.50 bits per heavy atom. The van der Waals surface area contributed by atoms with Gasteiger partial charge in [-0.2, -0.15) is 17.5 Å². The number of anilines is 1. The summed E-state index contributed by atoms with van der Waals surface area (Å²) < 4.78 is 60.8. The molecular formula is C10H13ClF3N3O2S. The molecule has 1 aromatic heterocycles. The van der Waals surface area contributed by atoms with Gasteiger partial charge in [0.25, 0.3) is 0 Å². The topological polar surface area (TPSA) is 62.3 Å². The highest BCUT2D eigenvalue weighted by molar-refractivity contribution is 7.89. The van der Waals surface area contributed by atoms with Gasteiger partial charge in [-0.15, -0.1) is 0 Å². The summed E-state index contributed by atoms with van der Waals surface area (Å²) in [5.74, 6) is 0.270. The van der Waals surface area contributed by atoms with Gasteiger partial charge in [-0.3, -0.25) is 0 Å². The fraction of sp³-hybridized carbons (Fsp3) is 0.500. The van der Waals surface area contributed by atoms with Gasteiger partial charge in [-0.05, 0) is 13.0 Å². The molecule has 0 unspecified atom stereocenters. The van der Waals surface area contributed by atoms with Crippen LogP contribution < -0.4 is 5.32 Å². The number of nitrogens with zero attached hydrogens (tertiary/aromatic N) is 2. The van der Waals surface area contributed by atoms with Crippen molar-refractivity contribution in [2.45, 2.75) is 18.0 Å². The third-order valence-electron chi connectivity index (χ3n) is 2.27. The molecule has 1 rings (SSSR count). The molecule has 10 heteroatoms. The highest BCUT2D eigenvalue weighted by atomic mass is 35.5. The van der Waals surface area contributed by atoms with Crippen molar-refractivity contribution < 1.29 is 21.6 Å². The minimum absolute atomic E-state index is 0.0216. The molecule has 0 aromatic carbocycles. The largest absolute Gasteiger partial charge is 0.402 e. The van der Waals surface area contributed by atoms with Gasteiger partial charge >= 0.3 is 6.18 Å². The van der Waals surface area contributed by atoms with Crippen molar-refractivity contribution in [1.82, 2.24) is 9.29 Å². The van der Waals surface area contributed by atoms with Crippen molar-refractivity contribution in [2.24, 2.45) is 0 Å². The van der Waals surface area contributed by atoms with Gasteiger partial charge in [0, 0.05) is 19.8 Å². The van der Waals surface area contributed by atoms with Crippen LogP contribution in [0.2, 0.25) is 5.02 Å². The van der Waals surface area contributed by atoms with Gasteiger partial charge < -0.3 is 5.32 Å². The first-order valence-corrected chi connectivity index (χ1v) is 7.32. The normalized spacial score (nSPS) is 12.8. The first-order valence-electron chi connectivity index (χ1n) is 5.50. The summed E-state index contributed by atoms with van der Waals surface area (Å²) >= 11 is 5.82. The molecule has 1 N–H and O–H groups in total. The van der Waals surface area contributed by atoms with Crippen molar-refractivity contribution in [2.75, 3.05) is 25.5 Å². The lowest BCUT2D eigenvalue weighted by atomic mass is 10.4. The van der Waals surface area contributed by atoms with E-state index in [9.17, 15) is 21.6 Å². The molecule has 0 saturated carbocycles. The predicted molar refractivity (Wildman–Crippen MR) is 69.3 cm³/mol. The summed E-state index contributed by atoms with van der Waals surface area (Å²) in [5.41, 5.74) is 0. The molecule has 0 fully saturated rings. The molecule has 1 heterocycles. The van der Waals surface area contributed by atoms with E-state index in [-0.39, 0.29) is 15.1 Å². The maximum atomic E-state index is 12.2. The van der Waals surface area contributed by atoms with E-state index in [0.29, 0.717) is 6.54 Å². The summed E-state index contributed by atoms with van der Waals surface area (Å²) in [6.07, 6.45) is -3.66. The molecule has 1 aromatic rings. The molecular weight excluding hydrogens is 319 g/mol. The van der Waals surface area contributed by atoms with E-state index in [1.807, 2.05) is 0 Å². The molecule has 5 nitrogen and oxygen atoms in total. The number of hydrogen-bond acceptors (Lipinski definition) is 4. The maximum Gasteiger partial charge on any atom is 0.402 e. The van der Waals surface area contributed by atoms with Crippen LogP contribution in [0.4, 0.5) is 19.0 Å². The zero-order chi connectivity index (χ0) is 15.6. The van der Waals surface area contributed by atoms with Gasteiger partial charge in [-0.25, -0.2) is 13.4 Å². The average Bonchev–Trinajstić information content (AvgIpc) is 2.29. The second-order valence-electron chi connectivity index (χ2n) is 3.91. The molecule has 0 aliphatic rings. The standard InChI is InChI=1S/C10H13ClF3N3O2S/c1-3-15-9-8(11)4-7(5-16-9)20(18,19)17(2)6-10(12,13)14/h4-5H,3,6H2,1-2H3,(H,15,16). The number of hydrogen-bond donors (Lipinski definition) is 1. The lowest BCUT2D eigenvalue weighted by molar-refractivity contribution is -0.134. The van der Waals surface area contributed by atoms with Crippen molar-refractivity contribution in [3.8, 4) is 0 Å². The Kier molecular flexibility index (Phi) is 5.22. The second-order valence-corrected chi connectivity index (χ2v) is 6.36. The van der Waals surface area contributed by atoms with Gasteiger partial charge in [0.2, 0.25) is 10.0 Å². The molecule has 114 valence electrons. The summed E-state index contributed by atoms with van der Waals surface area (Å²) in [4.78, 5) is 3.39. The number of sulfonamides is 1. The molecule has 0 aliphatic heterocycles. The first kappa shape index (κ1) is 17.0. The van der Waals surface area contributed by atoms with Crippen molar-refractivity contribution in [3.05, 3.63) is 17.3 Å². The van der Waals surface area contributed by atoms with Crippen LogP contribution in [0, 0.1) is 0 Å². The number of aromatic nitrogens is 1. The quantitative estimate of drug-likeness (QED) is 0.899. The Bertz CT molecular complexity index is 578. The number of nitrogens with one attached hydrogen (secondary N) is 1. The number of pyridine rings is 1. The van der Waals surface area contributed by atoms with E-state index >= 15 is 0 Å². The van der Waals surface area contributed by atoms with Crippen LogP contribution in [0.5, 0.6) is 0 Å². The average molecular weight is 332 g/mol. The predicted octanol–water partition coefficient (Wildman–Crippen LogP) is 2.35. The van der Waals surface area contributed by atoms with Gasteiger partial charge in [0.05, 0.1) is 5.02 Å². The van der Waals surface area contributed by atoms with Crippen LogP contribution >= 0.6 is 11.6 Å². The van der Waals surface area contributed by atoms with Crippen LogP contribution in [0.15, 0.2) is 17.2 Å². The van der Waals surface area contributed by atoms with Crippen LogP contribution in [0.3, 0.4) is 0 Å². The Morgan fingerprint density at radius 1 is 1.45 bits per heavy atom. The van der Waals surface area contributed by atoms with E-state index in [1.165, 1.54) is 0 Å². The van der Waals surface area contributed by atoms with E-state index in [0.717, 1.165) is 19.3 Å². The molecule has 0 amide bonds. The highest BCUT2D eigenvalue weighted by Gasteiger charge is 2.35. The van der Waals surface area contributed by atoms with Gasteiger partial charge in [0.15, 0.2) is 0 Å². The van der Waals surface area contributed by atoms with Crippen molar-refractivity contribution in [1.29, 1.82) is 0 Å². The Balaban J connectivity index is 3.07. The number of alkyl halides is 3. The van der Waals surface area contributed by atoms with Crippen molar-refractivity contribution in [3.63, 3.8) is 0 Å². The van der Waals surface area contributed by atoms with Crippen LogP contribution in [-0.2, 0) is 10.0 Å². The SMILES string of the molecule is CCNc1ncc(S(=O)(=O)N(C)CC(F)(F)F)cc1Cl. The molecule has 0 atom stereocenters. The van der Waals surface area contributed by atoms with Crippen LogP contribution in [-0.4, -0.2) is 44.0 Å². The molecule has 0 bridgehead atoms. The van der Waals surface area contributed by atoms with E-state index in [2.05, 4.69) is 10.3 Å². The third kappa shape index (κ3) is 4.22. The molecule has 0 aliphatic carbocycles. The second kappa shape index (κ2) is 6.15. The zero-order valence-electron chi connectivity index (χ0n) is 10.7. The fourth-order valence-corrected chi connectivity index (χ4v) is 2.80. The monoisotopic (exact) mass is 331 g/mol. The summed E-state index contributed by atoms with van der Waals surface area (Å²) in [6, 6.07) is 1.06. The van der Waals surface area contributed by atoms with Gasteiger partial charge in [0.1, 0.15) is 17.3 Å². The van der Waals surface area contributed by atoms with E-state index < -0.39 is 27.6 Å². The Labute approximate surface area is 119 Å². The Hall–Kier alpha value is -1.06.